The van der Waals surface area contributed by atoms with Gasteiger partial charge in [-0.3, -0.25) is 14.8 Å². The van der Waals surface area contributed by atoms with E-state index in [0.29, 0.717) is 6.42 Å². The van der Waals surface area contributed by atoms with Crippen molar-refractivity contribution in [2.75, 3.05) is 0 Å². The van der Waals surface area contributed by atoms with Gasteiger partial charge in [-0.05, 0) is 30.7 Å². The molecule has 0 bridgehead atoms. The number of hydrogen-bond donors (Lipinski definition) is 3. The van der Waals surface area contributed by atoms with E-state index in [0.717, 1.165) is 17.7 Å². The standard InChI is InChI=1S/C17H23N3O4/c1-11(2)14(15(21)19-24)20-16(22)13(18-17(20)23)10-6-9-12-7-4-3-5-8-12/h3-5,7-8,11,13-14,24H,6,9-10H2,1-2H3,(H,18,23)(H,19,21)/t13-,14+/m0/s1. The van der Waals surface area contributed by atoms with Crippen LogP contribution in [0.4, 0.5) is 4.79 Å². The Morgan fingerprint density at radius 1 is 1.29 bits per heavy atom. The summed E-state index contributed by atoms with van der Waals surface area (Å²) in [4.78, 5) is 37.4. The van der Waals surface area contributed by atoms with Crippen molar-refractivity contribution in [3.8, 4) is 0 Å². The molecule has 0 spiro atoms. The summed E-state index contributed by atoms with van der Waals surface area (Å²) < 4.78 is 0. The summed E-state index contributed by atoms with van der Waals surface area (Å²) in [5, 5.41) is 11.5. The monoisotopic (exact) mass is 333 g/mol. The summed E-state index contributed by atoms with van der Waals surface area (Å²) in [6.45, 7) is 3.42. The molecule has 1 aliphatic rings. The van der Waals surface area contributed by atoms with E-state index in [9.17, 15) is 14.4 Å². The van der Waals surface area contributed by atoms with Crippen LogP contribution in [0.25, 0.3) is 0 Å². The van der Waals surface area contributed by atoms with E-state index in [1.165, 1.54) is 11.0 Å². The molecule has 0 unspecified atom stereocenters. The number of amides is 4. The number of nitrogens with one attached hydrogen (secondary N) is 2. The highest BCUT2D eigenvalue weighted by molar-refractivity contribution is 6.07. The van der Waals surface area contributed by atoms with Crippen molar-refractivity contribution < 1.29 is 19.6 Å². The predicted molar refractivity (Wildman–Crippen MR) is 87.1 cm³/mol. The van der Waals surface area contributed by atoms with Gasteiger partial charge in [-0.15, -0.1) is 0 Å². The number of urea groups is 1. The minimum Gasteiger partial charge on any atom is -0.326 e. The van der Waals surface area contributed by atoms with Crippen molar-refractivity contribution in [1.82, 2.24) is 15.7 Å². The van der Waals surface area contributed by atoms with Gasteiger partial charge in [0.05, 0.1) is 0 Å². The maximum absolute atomic E-state index is 12.5. The van der Waals surface area contributed by atoms with Crippen LogP contribution in [0.15, 0.2) is 30.3 Å². The molecule has 1 saturated heterocycles. The Hall–Kier alpha value is -2.41. The number of rotatable bonds is 7. The highest BCUT2D eigenvalue weighted by atomic mass is 16.5. The van der Waals surface area contributed by atoms with Gasteiger partial charge in [-0.1, -0.05) is 44.2 Å². The summed E-state index contributed by atoms with van der Waals surface area (Å²) >= 11 is 0. The van der Waals surface area contributed by atoms with Crippen LogP contribution >= 0.6 is 0 Å². The van der Waals surface area contributed by atoms with Gasteiger partial charge in [-0.2, -0.15) is 0 Å². The molecule has 1 aliphatic heterocycles. The quantitative estimate of drug-likeness (QED) is 0.400. The van der Waals surface area contributed by atoms with Gasteiger partial charge in [0.15, 0.2) is 0 Å². The molecule has 1 aromatic carbocycles. The van der Waals surface area contributed by atoms with Crippen LogP contribution in [0, 0.1) is 5.92 Å². The fraction of sp³-hybridized carbons (Fsp3) is 0.471. The highest BCUT2D eigenvalue weighted by Gasteiger charge is 2.45. The first-order chi connectivity index (χ1) is 11.5. The van der Waals surface area contributed by atoms with E-state index >= 15 is 0 Å². The third kappa shape index (κ3) is 3.91. The molecule has 2 rings (SSSR count). The molecular weight excluding hydrogens is 310 g/mol. The summed E-state index contributed by atoms with van der Waals surface area (Å²) in [5.74, 6) is -1.50. The largest absolute Gasteiger partial charge is 0.326 e. The first-order valence-corrected chi connectivity index (χ1v) is 8.07. The molecule has 24 heavy (non-hydrogen) atoms. The molecule has 7 heteroatoms. The molecule has 4 amide bonds. The van der Waals surface area contributed by atoms with Crippen LogP contribution in [-0.4, -0.2) is 40.0 Å². The second-order valence-electron chi connectivity index (χ2n) is 6.25. The zero-order valence-corrected chi connectivity index (χ0v) is 13.9. The summed E-state index contributed by atoms with van der Waals surface area (Å²) in [5.41, 5.74) is 2.70. The summed E-state index contributed by atoms with van der Waals surface area (Å²) in [6, 6.07) is 7.65. The first kappa shape index (κ1) is 17.9. The van der Waals surface area contributed by atoms with Crippen LogP contribution in [0.2, 0.25) is 0 Å². The van der Waals surface area contributed by atoms with Crippen LogP contribution < -0.4 is 10.8 Å². The molecule has 0 aliphatic carbocycles. The topological polar surface area (TPSA) is 98.7 Å². The number of imide groups is 1. The fourth-order valence-corrected chi connectivity index (χ4v) is 2.95. The molecule has 130 valence electrons. The number of nitrogens with zero attached hydrogens (tertiary/aromatic N) is 1. The van der Waals surface area contributed by atoms with Gasteiger partial charge >= 0.3 is 6.03 Å². The van der Waals surface area contributed by atoms with Crippen molar-refractivity contribution in [2.24, 2.45) is 5.92 Å². The molecule has 0 saturated carbocycles. The van der Waals surface area contributed by atoms with Gasteiger partial charge in [0.25, 0.3) is 11.8 Å². The Balaban J connectivity index is 1.98. The second kappa shape index (κ2) is 7.92. The Labute approximate surface area is 141 Å². The SMILES string of the molecule is CC(C)[C@H](C(=O)NO)N1C(=O)N[C@@H](CCCc2ccccc2)C1=O. The number of carbonyl (C=O) groups excluding carboxylic acids is 3. The normalized spacial score (nSPS) is 18.7. The van der Waals surface area contributed by atoms with Gasteiger partial charge in [0.1, 0.15) is 12.1 Å². The molecule has 3 N–H and O–H groups in total. The van der Waals surface area contributed by atoms with Crippen molar-refractivity contribution in [1.29, 1.82) is 0 Å². The van der Waals surface area contributed by atoms with Gasteiger partial charge < -0.3 is 5.32 Å². The van der Waals surface area contributed by atoms with Crippen molar-refractivity contribution in [3.63, 3.8) is 0 Å². The lowest BCUT2D eigenvalue weighted by Crippen LogP contribution is -2.52. The number of aryl methyl sites for hydroxylation is 1. The first-order valence-electron chi connectivity index (χ1n) is 8.07. The second-order valence-corrected chi connectivity index (χ2v) is 6.25. The van der Waals surface area contributed by atoms with Gasteiger partial charge in [-0.25, -0.2) is 15.2 Å². The van der Waals surface area contributed by atoms with E-state index in [4.69, 9.17) is 5.21 Å². The fourth-order valence-electron chi connectivity index (χ4n) is 2.95. The Kier molecular flexibility index (Phi) is 5.92. The molecule has 2 atom stereocenters. The molecule has 7 nitrogen and oxygen atoms in total. The van der Waals surface area contributed by atoms with Crippen LogP contribution in [0.1, 0.15) is 32.3 Å². The zero-order valence-electron chi connectivity index (χ0n) is 13.9. The van der Waals surface area contributed by atoms with E-state index in [2.05, 4.69) is 5.32 Å². The van der Waals surface area contributed by atoms with Crippen LogP contribution in [0.5, 0.6) is 0 Å². The molecule has 0 radical (unpaired) electrons. The molecule has 0 aromatic heterocycles. The van der Waals surface area contributed by atoms with Crippen LogP contribution in [0.3, 0.4) is 0 Å². The van der Waals surface area contributed by atoms with E-state index in [1.54, 1.807) is 13.8 Å². The lowest BCUT2D eigenvalue weighted by Gasteiger charge is -2.26. The third-order valence-corrected chi connectivity index (χ3v) is 4.14. The minimum absolute atomic E-state index is 0.310. The smallest absolute Gasteiger partial charge is 0.325 e. The summed E-state index contributed by atoms with van der Waals surface area (Å²) in [6.07, 6.45) is 2.06. The average molecular weight is 333 g/mol. The lowest BCUT2D eigenvalue weighted by atomic mass is 10.0. The summed E-state index contributed by atoms with van der Waals surface area (Å²) in [7, 11) is 0. The van der Waals surface area contributed by atoms with Crippen molar-refractivity contribution in [2.45, 2.75) is 45.2 Å². The van der Waals surface area contributed by atoms with E-state index < -0.39 is 29.9 Å². The Morgan fingerprint density at radius 2 is 1.96 bits per heavy atom. The van der Waals surface area contributed by atoms with E-state index in [-0.39, 0.29) is 5.92 Å². The molecular formula is C17H23N3O4. The average Bonchev–Trinajstić information content (AvgIpc) is 2.83. The minimum atomic E-state index is -1.03. The van der Waals surface area contributed by atoms with Crippen LogP contribution in [-0.2, 0) is 16.0 Å². The lowest BCUT2D eigenvalue weighted by molar-refractivity contribution is -0.142. The van der Waals surface area contributed by atoms with E-state index in [1.807, 2.05) is 30.3 Å². The van der Waals surface area contributed by atoms with Crippen molar-refractivity contribution >= 4 is 17.8 Å². The number of carbonyl (C=O) groups is 3. The molecule has 1 heterocycles. The number of hydrogen-bond acceptors (Lipinski definition) is 4. The number of benzene rings is 1. The maximum Gasteiger partial charge on any atom is 0.325 e. The Morgan fingerprint density at radius 3 is 2.54 bits per heavy atom. The molecule has 1 fully saturated rings. The molecule has 1 aromatic rings. The highest BCUT2D eigenvalue weighted by Crippen LogP contribution is 2.20. The van der Waals surface area contributed by atoms with Gasteiger partial charge in [0.2, 0.25) is 0 Å². The maximum atomic E-state index is 12.5. The predicted octanol–water partition coefficient (Wildman–Crippen LogP) is 1.46. The number of hydroxylamine groups is 1. The van der Waals surface area contributed by atoms with Crippen molar-refractivity contribution in [3.05, 3.63) is 35.9 Å². The Bertz CT molecular complexity index is 603. The van der Waals surface area contributed by atoms with Gasteiger partial charge in [0, 0.05) is 0 Å². The zero-order chi connectivity index (χ0) is 17.7. The third-order valence-electron chi connectivity index (χ3n) is 4.14.